The van der Waals surface area contributed by atoms with Crippen LogP contribution in [0.3, 0.4) is 0 Å². The van der Waals surface area contributed by atoms with Gasteiger partial charge in [-0.15, -0.1) is 0 Å². The summed E-state index contributed by atoms with van der Waals surface area (Å²) in [6.45, 7) is 5.07. The predicted molar refractivity (Wildman–Crippen MR) is 56.9 cm³/mol. The van der Waals surface area contributed by atoms with Gasteiger partial charge in [-0.2, -0.15) is 0 Å². The zero-order valence-electron chi connectivity index (χ0n) is 9.16. The molecule has 0 saturated heterocycles. The SMILES string of the molecule is CCCCOC1=CC(C=O)C(C)CC1. The molecule has 2 unspecified atom stereocenters. The van der Waals surface area contributed by atoms with Gasteiger partial charge in [0.15, 0.2) is 0 Å². The first-order valence-corrected chi connectivity index (χ1v) is 5.56. The van der Waals surface area contributed by atoms with Crippen LogP contribution in [-0.2, 0) is 9.53 Å². The van der Waals surface area contributed by atoms with Crippen molar-refractivity contribution in [3.63, 3.8) is 0 Å². The van der Waals surface area contributed by atoms with E-state index in [1.54, 1.807) is 0 Å². The van der Waals surface area contributed by atoms with E-state index in [1.807, 2.05) is 6.08 Å². The van der Waals surface area contributed by atoms with Gasteiger partial charge in [0.05, 0.1) is 12.4 Å². The molecule has 1 rings (SSSR count). The molecule has 1 aliphatic carbocycles. The molecule has 0 aromatic heterocycles. The van der Waals surface area contributed by atoms with Gasteiger partial charge in [-0.3, -0.25) is 0 Å². The lowest BCUT2D eigenvalue weighted by Gasteiger charge is -2.23. The van der Waals surface area contributed by atoms with Crippen LogP contribution in [0.5, 0.6) is 0 Å². The number of unbranched alkanes of at least 4 members (excludes halogenated alkanes) is 1. The van der Waals surface area contributed by atoms with Crippen molar-refractivity contribution in [2.75, 3.05) is 6.61 Å². The van der Waals surface area contributed by atoms with Crippen LogP contribution in [0.25, 0.3) is 0 Å². The summed E-state index contributed by atoms with van der Waals surface area (Å²) in [5, 5.41) is 0. The summed E-state index contributed by atoms with van der Waals surface area (Å²) in [4.78, 5) is 10.7. The molecule has 0 bridgehead atoms. The fourth-order valence-corrected chi connectivity index (χ4v) is 1.67. The van der Waals surface area contributed by atoms with Crippen molar-refractivity contribution in [2.45, 2.75) is 39.5 Å². The molecule has 0 fully saturated rings. The summed E-state index contributed by atoms with van der Waals surface area (Å²) < 4.78 is 5.61. The number of carbonyl (C=O) groups excluding carboxylic acids is 1. The van der Waals surface area contributed by atoms with E-state index >= 15 is 0 Å². The summed E-state index contributed by atoms with van der Waals surface area (Å²) in [5.41, 5.74) is 0. The molecule has 1 aliphatic rings. The van der Waals surface area contributed by atoms with E-state index < -0.39 is 0 Å². The molecule has 80 valence electrons. The fourth-order valence-electron chi connectivity index (χ4n) is 1.67. The molecule has 0 aliphatic heterocycles. The van der Waals surface area contributed by atoms with Crippen molar-refractivity contribution in [3.05, 3.63) is 11.8 Å². The maximum Gasteiger partial charge on any atom is 0.127 e. The standard InChI is InChI=1S/C12H20O2/c1-3-4-7-14-12-6-5-10(2)11(8-12)9-13/h8-11H,3-7H2,1-2H3. The fraction of sp³-hybridized carbons (Fsp3) is 0.750. The zero-order valence-corrected chi connectivity index (χ0v) is 9.16. The van der Waals surface area contributed by atoms with Crippen molar-refractivity contribution < 1.29 is 9.53 Å². The van der Waals surface area contributed by atoms with Crippen molar-refractivity contribution >= 4 is 6.29 Å². The summed E-state index contributed by atoms with van der Waals surface area (Å²) in [6, 6.07) is 0. The van der Waals surface area contributed by atoms with Crippen molar-refractivity contribution in [1.82, 2.24) is 0 Å². The van der Waals surface area contributed by atoms with Gasteiger partial charge >= 0.3 is 0 Å². The van der Waals surface area contributed by atoms with Crippen molar-refractivity contribution in [3.8, 4) is 0 Å². The topological polar surface area (TPSA) is 26.3 Å². The van der Waals surface area contributed by atoms with Gasteiger partial charge in [0.1, 0.15) is 6.29 Å². The summed E-state index contributed by atoms with van der Waals surface area (Å²) >= 11 is 0. The molecule has 0 N–H and O–H groups in total. The molecular weight excluding hydrogens is 176 g/mol. The van der Waals surface area contributed by atoms with Crippen LogP contribution in [0, 0.1) is 11.8 Å². The van der Waals surface area contributed by atoms with Crippen LogP contribution in [0.1, 0.15) is 39.5 Å². The lowest BCUT2D eigenvalue weighted by atomic mass is 9.85. The normalized spacial score (nSPS) is 26.9. The molecule has 0 spiro atoms. The maximum absolute atomic E-state index is 10.7. The van der Waals surface area contributed by atoms with Gasteiger partial charge in [0.2, 0.25) is 0 Å². The molecule has 0 amide bonds. The molecular formula is C12H20O2. The van der Waals surface area contributed by atoms with E-state index in [0.717, 1.165) is 44.3 Å². The second kappa shape index (κ2) is 5.84. The third-order valence-corrected chi connectivity index (χ3v) is 2.82. The smallest absolute Gasteiger partial charge is 0.127 e. The van der Waals surface area contributed by atoms with Crippen LogP contribution in [-0.4, -0.2) is 12.9 Å². The van der Waals surface area contributed by atoms with Gasteiger partial charge in [0.25, 0.3) is 0 Å². The number of ether oxygens (including phenoxy) is 1. The zero-order chi connectivity index (χ0) is 10.4. The average Bonchev–Trinajstić information content (AvgIpc) is 2.21. The summed E-state index contributed by atoms with van der Waals surface area (Å²) in [5.74, 6) is 1.57. The highest BCUT2D eigenvalue weighted by Gasteiger charge is 2.20. The monoisotopic (exact) mass is 196 g/mol. The molecule has 0 heterocycles. The number of rotatable bonds is 5. The number of aldehydes is 1. The van der Waals surface area contributed by atoms with Crippen LogP contribution in [0.2, 0.25) is 0 Å². The second-order valence-corrected chi connectivity index (χ2v) is 4.06. The van der Waals surface area contributed by atoms with Crippen molar-refractivity contribution in [1.29, 1.82) is 0 Å². The van der Waals surface area contributed by atoms with E-state index in [2.05, 4.69) is 13.8 Å². The minimum absolute atomic E-state index is 0.0698. The Morgan fingerprint density at radius 1 is 1.64 bits per heavy atom. The molecule has 2 heteroatoms. The molecule has 0 saturated carbocycles. The van der Waals surface area contributed by atoms with Crippen LogP contribution in [0.15, 0.2) is 11.8 Å². The average molecular weight is 196 g/mol. The van der Waals surface area contributed by atoms with E-state index in [1.165, 1.54) is 0 Å². The van der Waals surface area contributed by atoms with Crippen LogP contribution < -0.4 is 0 Å². The number of allylic oxidation sites excluding steroid dienone is 2. The Labute approximate surface area is 86.3 Å². The highest BCUT2D eigenvalue weighted by atomic mass is 16.5. The predicted octanol–water partition coefficient (Wildman–Crippen LogP) is 2.93. The first kappa shape index (κ1) is 11.3. The van der Waals surface area contributed by atoms with Crippen LogP contribution in [0.4, 0.5) is 0 Å². The summed E-state index contributed by atoms with van der Waals surface area (Å²) in [7, 11) is 0. The Morgan fingerprint density at radius 3 is 3.07 bits per heavy atom. The Hall–Kier alpha value is -0.790. The third kappa shape index (κ3) is 3.17. The van der Waals surface area contributed by atoms with E-state index in [9.17, 15) is 4.79 Å². The van der Waals surface area contributed by atoms with Gasteiger partial charge < -0.3 is 9.53 Å². The van der Waals surface area contributed by atoms with Crippen LogP contribution >= 0.6 is 0 Å². The minimum Gasteiger partial charge on any atom is -0.498 e. The Balaban J connectivity index is 2.41. The quantitative estimate of drug-likeness (QED) is 0.499. The van der Waals surface area contributed by atoms with Gasteiger partial charge in [0, 0.05) is 12.3 Å². The van der Waals surface area contributed by atoms with Crippen molar-refractivity contribution in [2.24, 2.45) is 11.8 Å². The lowest BCUT2D eigenvalue weighted by molar-refractivity contribution is -0.111. The highest BCUT2D eigenvalue weighted by Crippen LogP contribution is 2.27. The lowest BCUT2D eigenvalue weighted by Crippen LogP contribution is -2.17. The largest absolute Gasteiger partial charge is 0.498 e. The third-order valence-electron chi connectivity index (χ3n) is 2.82. The molecule has 0 aromatic carbocycles. The number of hydrogen-bond acceptors (Lipinski definition) is 2. The van der Waals surface area contributed by atoms with E-state index in [-0.39, 0.29) is 5.92 Å². The minimum atomic E-state index is 0.0698. The maximum atomic E-state index is 10.7. The Morgan fingerprint density at radius 2 is 2.43 bits per heavy atom. The highest BCUT2D eigenvalue weighted by molar-refractivity contribution is 5.57. The van der Waals surface area contributed by atoms with E-state index in [4.69, 9.17) is 4.74 Å². The Bertz CT molecular complexity index is 208. The van der Waals surface area contributed by atoms with Gasteiger partial charge in [-0.1, -0.05) is 20.3 Å². The Kier molecular flexibility index (Phi) is 4.71. The molecule has 0 radical (unpaired) electrons. The molecule has 2 nitrogen and oxygen atoms in total. The second-order valence-electron chi connectivity index (χ2n) is 4.06. The molecule has 0 aromatic rings. The first-order valence-electron chi connectivity index (χ1n) is 5.56. The molecule has 2 atom stereocenters. The first-order chi connectivity index (χ1) is 6.77. The van der Waals surface area contributed by atoms with Gasteiger partial charge in [-0.25, -0.2) is 0 Å². The van der Waals surface area contributed by atoms with Gasteiger partial charge in [-0.05, 0) is 24.8 Å². The number of hydrogen-bond donors (Lipinski definition) is 0. The molecule has 14 heavy (non-hydrogen) atoms. The van der Waals surface area contributed by atoms with E-state index in [0.29, 0.717) is 5.92 Å². The number of carbonyl (C=O) groups is 1. The summed E-state index contributed by atoms with van der Waals surface area (Å²) in [6.07, 6.45) is 7.35.